The molecule has 1 aliphatic heterocycles. The highest BCUT2D eigenvalue weighted by Crippen LogP contribution is 2.34. The second kappa shape index (κ2) is 8.89. The number of thiazole rings is 1. The van der Waals surface area contributed by atoms with E-state index in [1.165, 1.54) is 23.5 Å². The van der Waals surface area contributed by atoms with E-state index in [0.29, 0.717) is 28.5 Å². The number of benzene rings is 3. The van der Waals surface area contributed by atoms with Crippen LogP contribution in [0, 0.1) is 12.7 Å². The van der Waals surface area contributed by atoms with Crippen LogP contribution >= 0.6 is 22.9 Å². The first kappa shape index (κ1) is 21.5. The van der Waals surface area contributed by atoms with Crippen LogP contribution in [-0.2, 0) is 11.3 Å². The number of halogens is 2. The minimum atomic E-state index is -0.384. The maximum Gasteiger partial charge on any atom is 0.249 e. The van der Waals surface area contributed by atoms with E-state index in [9.17, 15) is 9.18 Å². The number of nitrogens with zero attached hydrogens (tertiary/aromatic N) is 3. The molecule has 3 aromatic carbocycles. The van der Waals surface area contributed by atoms with Gasteiger partial charge in [-0.15, -0.1) is 11.3 Å². The average Bonchev–Trinajstić information content (AvgIpc) is 3.27. The van der Waals surface area contributed by atoms with Crippen molar-refractivity contribution < 1.29 is 9.18 Å². The van der Waals surface area contributed by atoms with Crippen LogP contribution in [0.5, 0.6) is 0 Å². The number of hydrogen-bond donors (Lipinski definition) is 0. The van der Waals surface area contributed by atoms with Crippen LogP contribution in [0.25, 0.3) is 11.1 Å². The van der Waals surface area contributed by atoms with E-state index in [0.717, 1.165) is 27.3 Å². The molecule has 0 atom stereocenters. The Hall–Kier alpha value is -3.35. The van der Waals surface area contributed by atoms with Gasteiger partial charge in [-0.05, 0) is 53.9 Å². The first-order valence-corrected chi connectivity index (χ1v) is 11.7. The fraction of sp³-hybridized carbons (Fsp3) is 0.115. The van der Waals surface area contributed by atoms with Crippen molar-refractivity contribution in [2.45, 2.75) is 13.5 Å². The van der Waals surface area contributed by atoms with Crippen LogP contribution in [-0.4, -0.2) is 23.1 Å². The Morgan fingerprint density at radius 2 is 1.85 bits per heavy atom. The van der Waals surface area contributed by atoms with Gasteiger partial charge in [-0.1, -0.05) is 41.9 Å². The zero-order valence-electron chi connectivity index (χ0n) is 17.8. The minimum absolute atomic E-state index is 0.0368. The molecule has 0 spiro atoms. The van der Waals surface area contributed by atoms with E-state index >= 15 is 0 Å². The number of rotatable bonds is 4. The lowest BCUT2D eigenvalue weighted by Gasteiger charge is -2.22. The number of fused-ring (bicyclic) bond motifs is 1. The van der Waals surface area contributed by atoms with Crippen molar-refractivity contribution in [3.63, 3.8) is 0 Å². The Kier molecular flexibility index (Phi) is 5.79. The molecular weight excluding hydrogens is 457 g/mol. The second-order valence-electron chi connectivity index (χ2n) is 7.74. The summed E-state index contributed by atoms with van der Waals surface area (Å²) in [5, 5.41) is 3.34. The normalized spacial score (nSPS) is 13.5. The molecule has 0 saturated heterocycles. The first-order chi connectivity index (χ1) is 16.0. The highest BCUT2D eigenvalue weighted by molar-refractivity contribution is 7.09. The van der Waals surface area contributed by atoms with Gasteiger partial charge in [0.25, 0.3) is 0 Å². The topological polar surface area (TPSA) is 45.6 Å². The summed E-state index contributed by atoms with van der Waals surface area (Å²) in [5.74, 6) is -0.543. The number of benzodiazepines with no additional fused rings is 1. The van der Waals surface area contributed by atoms with E-state index in [4.69, 9.17) is 11.6 Å². The lowest BCUT2D eigenvalue weighted by atomic mass is 9.90. The number of aliphatic imine (C=N–C) groups is 1. The Morgan fingerprint density at radius 1 is 1.03 bits per heavy atom. The van der Waals surface area contributed by atoms with Gasteiger partial charge in [-0.25, -0.2) is 9.37 Å². The Bertz CT molecular complexity index is 1380. The molecule has 7 heteroatoms. The molecule has 0 N–H and O–H groups in total. The summed E-state index contributed by atoms with van der Waals surface area (Å²) in [5.41, 5.74) is 5.59. The lowest BCUT2D eigenvalue weighted by molar-refractivity contribution is -0.117. The highest BCUT2D eigenvalue weighted by atomic mass is 35.5. The molecule has 0 unspecified atom stereocenters. The Morgan fingerprint density at radius 3 is 2.61 bits per heavy atom. The number of aryl methyl sites for hydroxylation is 1. The van der Waals surface area contributed by atoms with Crippen LogP contribution in [0.1, 0.15) is 21.7 Å². The minimum Gasteiger partial charge on any atom is -0.303 e. The van der Waals surface area contributed by atoms with Gasteiger partial charge in [0, 0.05) is 27.7 Å². The maximum absolute atomic E-state index is 14.5. The van der Waals surface area contributed by atoms with Crippen molar-refractivity contribution in [3.8, 4) is 11.1 Å². The summed E-state index contributed by atoms with van der Waals surface area (Å²) >= 11 is 7.65. The summed E-state index contributed by atoms with van der Waals surface area (Å²) in [7, 11) is 0. The summed E-state index contributed by atoms with van der Waals surface area (Å²) in [6.07, 6.45) is 1.71. The Labute approximate surface area is 200 Å². The molecule has 4 aromatic rings. The molecule has 1 aromatic heterocycles. The van der Waals surface area contributed by atoms with E-state index in [-0.39, 0.29) is 18.3 Å². The predicted octanol–water partition coefficient (Wildman–Crippen LogP) is 6.30. The zero-order valence-corrected chi connectivity index (χ0v) is 19.3. The third-order valence-electron chi connectivity index (χ3n) is 5.62. The van der Waals surface area contributed by atoms with Crippen molar-refractivity contribution in [2.24, 2.45) is 4.99 Å². The van der Waals surface area contributed by atoms with Crippen molar-refractivity contribution in [1.29, 1.82) is 0 Å². The number of aromatic nitrogens is 1. The molecule has 5 rings (SSSR count). The molecule has 0 saturated carbocycles. The quantitative estimate of drug-likeness (QED) is 0.348. The average molecular weight is 476 g/mol. The van der Waals surface area contributed by atoms with Gasteiger partial charge in [0.1, 0.15) is 17.4 Å². The van der Waals surface area contributed by atoms with Gasteiger partial charge in [0.15, 0.2) is 0 Å². The van der Waals surface area contributed by atoms with Gasteiger partial charge in [-0.2, -0.15) is 0 Å². The SMILES string of the molecule is Cc1cc(Cl)ccc1-c1ccccc1C1=NCC(=O)N(Cc2nccs2)c2ccc(F)cc21. The number of carbonyl (C=O) groups excluding carboxylic acids is 1. The summed E-state index contributed by atoms with van der Waals surface area (Å²) in [6.45, 7) is 2.28. The third-order valence-corrected chi connectivity index (χ3v) is 6.62. The van der Waals surface area contributed by atoms with Crippen molar-refractivity contribution >= 4 is 40.2 Å². The zero-order chi connectivity index (χ0) is 22.9. The maximum atomic E-state index is 14.5. The Balaban J connectivity index is 1.68. The standard InChI is InChI=1S/C26H19ClFN3OS/c1-16-12-17(27)6-8-19(16)20-4-2-3-5-21(20)26-22-13-18(28)7-9-23(22)31(25(32)14-30-26)15-24-29-10-11-33-24/h2-13H,14-15H2,1H3. The van der Waals surface area contributed by atoms with E-state index < -0.39 is 0 Å². The molecular formula is C26H19ClFN3OS. The van der Waals surface area contributed by atoms with Gasteiger partial charge < -0.3 is 4.90 Å². The summed E-state index contributed by atoms with van der Waals surface area (Å²) in [6, 6.07) is 18.0. The molecule has 4 nitrogen and oxygen atoms in total. The molecule has 0 bridgehead atoms. The number of carbonyl (C=O) groups is 1. The smallest absolute Gasteiger partial charge is 0.249 e. The van der Waals surface area contributed by atoms with Crippen LogP contribution in [0.3, 0.4) is 0 Å². The number of anilines is 1. The van der Waals surface area contributed by atoms with E-state index in [2.05, 4.69) is 9.98 Å². The molecule has 2 heterocycles. The van der Waals surface area contributed by atoms with Crippen LogP contribution in [0.15, 0.2) is 77.2 Å². The van der Waals surface area contributed by atoms with E-state index in [1.54, 1.807) is 17.2 Å². The van der Waals surface area contributed by atoms with Crippen molar-refractivity contribution in [3.05, 3.63) is 105 Å². The van der Waals surface area contributed by atoms with Gasteiger partial charge in [0.2, 0.25) is 5.91 Å². The van der Waals surface area contributed by atoms with Gasteiger partial charge in [0.05, 0.1) is 17.9 Å². The van der Waals surface area contributed by atoms with Crippen LogP contribution < -0.4 is 4.90 Å². The molecule has 0 aliphatic carbocycles. The highest BCUT2D eigenvalue weighted by Gasteiger charge is 2.27. The number of amides is 1. The lowest BCUT2D eigenvalue weighted by Crippen LogP contribution is -2.31. The monoisotopic (exact) mass is 475 g/mol. The molecule has 33 heavy (non-hydrogen) atoms. The number of hydrogen-bond acceptors (Lipinski definition) is 4. The predicted molar refractivity (Wildman–Crippen MR) is 132 cm³/mol. The molecule has 0 fully saturated rings. The second-order valence-corrected chi connectivity index (χ2v) is 9.15. The fourth-order valence-electron chi connectivity index (χ4n) is 4.11. The van der Waals surface area contributed by atoms with E-state index in [1.807, 2.05) is 54.8 Å². The van der Waals surface area contributed by atoms with Gasteiger partial charge in [-0.3, -0.25) is 9.79 Å². The first-order valence-electron chi connectivity index (χ1n) is 10.4. The third kappa shape index (κ3) is 4.19. The summed E-state index contributed by atoms with van der Waals surface area (Å²) in [4.78, 5) is 23.7. The van der Waals surface area contributed by atoms with Crippen LogP contribution in [0.2, 0.25) is 5.02 Å². The largest absolute Gasteiger partial charge is 0.303 e. The molecule has 1 amide bonds. The molecule has 0 radical (unpaired) electrons. The molecule has 1 aliphatic rings. The summed E-state index contributed by atoms with van der Waals surface area (Å²) < 4.78 is 14.5. The molecule has 164 valence electrons. The van der Waals surface area contributed by atoms with Crippen LogP contribution in [0.4, 0.5) is 10.1 Å². The fourth-order valence-corrected chi connectivity index (χ4v) is 4.94. The van der Waals surface area contributed by atoms with Crippen molar-refractivity contribution in [1.82, 2.24) is 4.98 Å². The van der Waals surface area contributed by atoms with Crippen molar-refractivity contribution in [2.75, 3.05) is 11.4 Å². The van der Waals surface area contributed by atoms with Gasteiger partial charge >= 0.3 is 0 Å².